The van der Waals surface area contributed by atoms with Gasteiger partial charge in [-0.15, -0.1) is 0 Å². The Balaban J connectivity index is 1.70. The van der Waals surface area contributed by atoms with E-state index in [9.17, 15) is 14.0 Å². The highest BCUT2D eigenvalue weighted by atomic mass is 35.5. The number of ether oxygens (including phenoxy) is 1. The summed E-state index contributed by atoms with van der Waals surface area (Å²) in [4.78, 5) is 24.9. The Morgan fingerprint density at radius 1 is 0.931 bits per heavy atom. The molecule has 1 unspecified atom stereocenters. The monoisotopic (exact) mass is 411 g/mol. The first-order valence-electron chi connectivity index (χ1n) is 9.04. The van der Waals surface area contributed by atoms with Gasteiger partial charge in [-0.2, -0.15) is 0 Å². The summed E-state index contributed by atoms with van der Waals surface area (Å²) in [5.74, 6) is -1.42. The smallest absolute Gasteiger partial charge is 0.308 e. The number of carbonyl (C=O) groups is 2. The van der Waals surface area contributed by atoms with E-state index in [1.807, 2.05) is 36.4 Å². The first kappa shape index (κ1) is 20.6. The molecule has 0 bridgehead atoms. The molecular weight excluding hydrogens is 393 g/mol. The third kappa shape index (κ3) is 5.65. The zero-order valence-electron chi connectivity index (χ0n) is 15.5. The Labute approximate surface area is 173 Å². The lowest BCUT2D eigenvalue weighted by Crippen LogP contribution is -2.30. The van der Waals surface area contributed by atoms with E-state index in [4.69, 9.17) is 16.3 Å². The second kappa shape index (κ2) is 9.85. The highest BCUT2D eigenvalue weighted by molar-refractivity contribution is 6.31. The number of benzene rings is 3. The van der Waals surface area contributed by atoms with Crippen molar-refractivity contribution >= 4 is 23.5 Å². The van der Waals surface area contributed by atoms with Gasteiger partial charge in [0.05, 0.1) is 17.5 Å². The van der Waals surface area contributed by atoms with Crippen LogP contribution >= 0.6 is 11.6 Å². The van der Waals surface area contributed by atoms with Crippen LogP contribution in [0.5, 0.6) is 0 Å². The largest absolute Gasteiger partial charge is 0.461 e. The summed E-state index contributed by atoms with van der Waals surface area (Å²) in [7, 11) is 0. The van der Waals surface area contributed by atoms with Gasteiger partial charge in [-0.1, -0.05) is 66.2 Å². The van der Waals surface area contributed by atoms with E-state index in [1.165, 1.54) is 18.2 Å². The molecule has 0 spiro atoms. The number of halogens is 2. The molecule has 0 aliphatic heterocycles. The minimum absolute atomic E-state index is 0.103. The molecule has 0 fully saturated rings. The average molecular weight is 412 g/mol. The van der Waals surface area contributed by atoms with Gasteiger partial charge in [0.15, 0.2) is 0 Å². The molecule has 0 radical (unpaired) electrons. The number of hydrogen-bond donors (Lipinski definition) is 1. The Kier molecular flexibility index (Phi) is 6.98. The fourth-order valence-corrected chi connectivity index (χ4v) is 3.03. The SMILES string of the molecule is O=C(CC(NC(=O)c1ccccc1)c1ccccc1)OCc1c(F)cccc1Cl. The van der Waals surface area contributed by atoms with E-state index in [-0.39, 0.29) is 29.5 Å². The molecule has 29 heavy (non-hydrogen) atoms. The summed E-state index contributed by atoms with van der Waals surface area (Å²) < 4.78 is 19.1. The summed E-state index contributed by atoms with van der Waals surface area (Å²) in [6.07, 6.45) is -0.103. The third-order valence-electron chi connectivity index (χ3n) is 4.35. The van der Waals surface area contributed by atoms with E-state index in [1.54, 1.807) is 24.3 Å². The number of amides is 1. The van der Waals surface area contributed by atoms with Crippen LogP contribution < -0.4 is 5.32 Å². The molecule has 3 aromatic carbocycles. The van der Waals surface area contributed by atoms with Crippen LogP contribution in [0.4, 0.5) is 4.39 Å². The topological polar surface area (TPSA) is 55.4 Å². The maximum atomic E-state index is 13.9. The number of hydrogen-bond acceptors (Lipinski definition) is 3. The second-order valence-electron chi connectivity index (χ2n) is 6.37. The van der Waals surface area contributed by atoms with Gasteiger partial charge in [0.25, 0.3) is 5.91 Å². The van der Waals surface area contributed by atoms with Crippen molar-refractivity contribution in [2.75, 3.05) is 0 Å². The van der Waals surface area contributed by atoms with Gasteiger partial charge < -0.3 is 10.1 Å². The highest BCUT2D eigenvalue weighted by Gasteiger charge is 2.20. The summed E-state index contributed by atoms with van der Waals surface area (Å²) in [5.41, 5.74) is 1.37. The molecule has 0 heterocycles. The van der Waals surface area contributed by atoms with Gasteiger partial charge in [-0.25, -0.2) is 4.39 Å². The van der Waals surface area contributed by atoms with Gasteiger partial charge in [-0.05, 0) is 29.8 Å². The van der Waals surface area contributed by atoms with Crippen molar-refractivity contribution in [3.63, 3.8) is 0 Å². The molecule has 3 aromatic rings. The van der Waals surface area contributed by atoms with Crippen LogP contribution in [0.3, 0.4) is 0 Å². The zero-order valence-corrected chi connectivity index (χ0v) is 16.2. The van der Waals surface area contributed by atoms with Crippen molar-refractivity contribution in [1.82, 2.24) is 5.32 Å². The van der Waals surface area contributed by atoms with Crippen LogP contribution in [0.15, 0.2) is 78.9 Å². The number of esters is 1. The Bertz CT molecular complexity index is 960. The predicted octanol–water partition coefficient (Wildman–Crippen LogP) is 5.08. The average Bonchev–Trinajstić information content (AvgIpc) is 2.74. The molecule has 6 heteroatoms. The highest BCUT2D eigenvalue weighted by Crippen LogP contribution is 2.22. The molecule has 1 amide bonds. The first-order valence-corrected chi connectivity index (χ1v) is 9.42. The number of carbonyl (C=O) groups excluding carboxylic acids is 2. The minimum atomic E-state index is -0.590. The van der Waals surface area contributed by atoms with E-state index in [0.717, 1.165) is 5.56 Å². The Morgan fingerprint density at radius 3 is 2.24 bits per heavy atom. The number of nitrogens with one attached hydrogen (secondary N) is 1. The van der Waals surface area contributed by atoms with Crippen molar-refractivity contribution in [3.05, 3.63) is 106 Å². The van der Waals surface area contributed by atoms with Crippen LogP contribution in [0, 0.1) is 5.82 Å². The zero-order chi connectivity index (χ0) is 20.6. The molecule has 148 valence electrons. The van der Waals surface area contributed by atoms with Gasteiger partial charge >= 0.3 is 5.97 Å². The van der Waals surface area contributed by atoms with E-state index in [2.05, 4.69) is 5.32 Å². The van der Waals surface area contributed by atoms with Gasteiger partial charge in [-0.3, -0.25) is 9.59 Å². The van der Waals surface area contributed by atoms with Gasteiger partial charge in [0.1, 0.15) is 12.4 Å². The van der Waals surface area contributed by atoms with Crippen LogP contribution in [0.1, 0.15) is 33.9 Å². The van der Waals surface area contributed by atoms with Crippen LogP contribution in [0.2, 0.25) is 5.02 Å². The quantitative estimate of drug-likeness (QED) is 0.551. The van der Waals surface area contributed by atoms with Crippen LogP contribution in [0.25, 0.3) is 0 Å². The molecule has 0 aromatic heterocycles. The molecule has 4 nitrogen and oxygen atoms in total. The lowest BCUT2D eigenvalue weighted by molar-refractivity contribution is -0.145. The van der Waals surface area contributed by atoms with Crippen molar-refractivity contribution in [3.8, 4) is 0 Å². The maximum absolute atomic E-state index is 13.9. The first-order chi connectivity index (χ1) is 14.0. The fraction of sp³-hybridized carbons (Fsp3) is 0.130. The molecule has 0 aliphatic carbocycles. The Hall–Kier alpha value is -3.18. The van der Waals surface area contributed by atoms with Crippen molar-refractivity contribution < 1.29 is 18.7 Å². The van der Waals surface area contributed by atoms with E-state index in [0.29, 0.717) is 5.56 Å². The fourth-order valence-electron chi connectivity index (χ4n) is 2.82. The van der Waals surface area contributed by atoms with Crippen LogP contribution in [-0.4, -0.2) is 11.9 Å². The molecule has 3 rings (SSSR count). The molecular formula is C23H19ClFNO3. The molecule has 0 aliphatic rings. The van der Waals surface area contributed by atoms with Gasteiger partial charge in [0.2, 0.25) is 0 Å². The third-order valence-corrected chi connectivity index (χ3v) is 4.71. The van der Waals surface area contributed by atoms with Crippen molar-refractivity contribution in [2.45, 2.75) is 19.1 Å². The van der Waals surface area contributed by atoms with Crippen molar-refractivity contribution in [1.29, 1.82) is 0 Å². The maximum Gasteiger partial charge on any atom is 0.308 e. The van der Waals surface area contributed by atoms with Crippen molar-refractivity contribution in [2.24, 2.45) is 0 Å². The van der Waals surface area contributed by atoms with Crippen LogP contribution in [-0.2, 0) is 16.1 Å². The normalized spacial score (nSPS) is 11.5. The molecule has 0 saturated heterocycles. The lowest BCUT2D eigenvalue weighted by atomic mass is 10.0. The summed E-state index contributed by atoms with van der Waals surface area (Å²) in [6, 6.07) is 21.5. The summed E-state index contributed by atoms with van der Waals surface area (Å²) in [5, 5.41) is 3.05. The van der Waals surface area contributed by atoms with E-state index < -0.39 is 17.8 Å². The summed E-state index contributed by atoms with van der Waals surface area (Å²) >= 11 is 5.96. The molecule has 0 saturated carbocycles. The van der Waals surface area contributed by atoms with Gasteiger partial charge in [0, 0.05) is 11.1 Å². The standard InChI is InChI=1S/C23H19ClFNO3/c24-19-12-7-13-20(25)18(19)15-29-22(27)14-21(16-8-3-1-4-9-16)26-23(28)17-10-5-2-6-11-17/h1-13,21H,14-15H2,(H,26,28). The molecule has 1 N–H and O–H groups in total. The Morgan fingerprint density at radius 2 is 1.59 bits per heavy atom. The molecule has 1 atom stereocenters. The lowest BCUT2D eigenvalue weighted by Gasteiger charge is -2.19. The summed E-state index contributed by atoms with van der Waals surface area (Å²) in [6.45, 7) is -0.279. The minimum Gasteiger partial charge on any atom is -0.461 e. The predicted molar refractivity (Wildman–Crippen MR) is 109 cm³/mol. The van der Waals surface area contributed by atoms with E-state index >= 15 is 0 Å². The number of rotatable bonds is 7. The second-order valence-corrected chi connectivity index (χ2v) is 6.77.